The van der Waals surface area contributed by atoms with Crippen LogP contribution in [0.5, 0.6) is 0 Å². The molecule has 5 heteroatoms. The predicted octanol–water partition coefficient (Wildman–Crippen LogP) is 10.6. The number of benzene rings is 6. The van der Waals surface area contributed by atoms with E-state index in [1.165, 1.54) is 42.8 Å². The monoisotopic (exact) mass is 648 g/mol. The van der Waals surface area contributed by atoms with E-state index in [1.54, 1.807) is 0 Å². The summed E-state index contributed by atoms with van der Waals surface area (Å²) in [5.41, 5.74) is 13.9. The number of anilines is 1. The lowest BCUT2D eigenvalue weighted by Crippen LogP contribution is -2.48. The van der Waals surface area contributed by atoms with Crippen LogP contribution in [0.3, 0.4) is 0 Å². The molecule has 2 N–H and O–H groups in total. The van der Waals surface area contributed by atoms with Crippen molar-refractivity contribution in [2.24, 2.45) is 4.99 Å². The van der Waals surface area contributed by atoms with Crippen LogP contribution < -0.4 is 10.4 Å². The largest absolute Gasteiger partial charge is 0.282 e. The Morgan fingerprint density at radius 2 is 1.22 bits per heavy atom. The smallest absolute Gasteiger partial charge is 0.154 e. The SMILES string of the molecule is N=C(/N=C(\NN1c2cc(-c3ccc(-c4ccccc4)cc3)ccc2C2c3sc4ccccc4c3C=CC21)c1ccccc1)c1ccccc1. The van der Waals surface area contributed by atoms with Crippen molar-refractivity contribution < 1.29 is 0 Å². The molecule has 0 fully saturated rings. The lowest BCUT2D eigenvalue weighted by molar-refractivity contribution is 0.647. The van der Waals surface area contributed by atoms with E-state index >= 15 is 0 Å². The fourth-order valence-electron chi connectivity index (χ4n) is 7.12. The van der Waals surface area contributed by atoms with Gasteiger partial charge in [0.2, 0.25) is 0 Å². The quantitative estimate of drug-likeness (QED) is 0.144. The number of hydrazine groups is 1. The van der Waals surface area contributed by atoms with E-state index in [9.17, 15) is 0 Å². The summed E-state index contributed by atoms with van der Waals surface area (Å²) in [6, 6.07) is 54.8. The zero-order chi connectivity index (χ0) is 32.7. The van der Waals surface area contributed by atoms with Crippen LogP contribution in [0.15, 0.2) is 169 Å². The standard InChI is InChI=1S/C44H32N4S/c45-43(32-14-6-2-7-15-32)46-44(33-16-8-3-9-17-33)47-48-38-27-26-36-35-18-10-11-19-40(35)49-42(36)41(38)37-25-24-34(28-39(37)48)31-22-20-30(21-23-31)29-12-4-1-5-13-29/h1-28,38,41H,(H2,45,46,47). The molecule has 0 radical (unpaired) electrons. The van der Waals surface area contributed by atoms with Gasteiger partial charge in [-0.25, -0.2) is 4.99 Å². The second kappa shape index (κ2) is 12.2. The number of rotatable bonds is 5. The minimum Gasteiger partial charge on any atom is -0.282 e. The highest BCUT2D eigenvalue weighted by Crippen LogP contribution is 2.52. The molecular weight excluding hydrogens is 617 g/mol. The highest BCUT2D eigenvalue weighted by molar-refractivity contribution is 7.19. The summed E-state index contributed by atoms with van der Waals surface area (Å²) in [5.74, 6) is 0.996. The summed E-state index contributed by atoms with van der Waals surface area (Å²) in [4.78, 5) is 6.30. The van der Waals surface area contributed by atoms with Gasteiger partial charge < -0.3 is 0 Å². The van der Waals surface area contributed by atoms with E-state index in [2.05, 4.69) is 120 Å². The Kier molecular flexibility index (Phi) is 7.25. The first-order valence-electron chi connectivity index (χ1n) is 16.5. The molecule has 234 valence electrons. The van der Waals surface area contributed by atoms with Gasteiger partial charge in [-0.1, -0.05) is 158 Å². The number of fused-ring (bicyclic) bond motifs is 7. The van der Waals surface area contributed by atoms with Crippen LogP contribution in [0.4, 0.5) is 5.69 Å². The first-order valence-corrected chi connectivity index (χ1v) is 17.4. The summed E-state index contributed by atoms with van der Waals surface area (Å²) in [6.07, 6.45) is 4.63. The molecule has 2 aliphatic rings. The number of thiophene rings is 1. The highest BCUT2D eigenvalue weighted by atomic mass is 32.1. The maximum atomic E-state index is 8.94. The maximum Gasteiger partial charge on any atom is 0.154 e. The fraction of sp³-hybridized carbons (Fsp3) is 0.0455. The molecule has 0 spiro atoms. The summed E-state index contributed by atoms with van der Waals surface area (Å²) < 4.78 is 1.31. The van der Waals surface area contributed by atoms with Crippen molar-refractivity contribution in [2.45, 2.75) is 12.0 Å². The third kappa shape index (κ3) is 5.25. The molecule has 7 aromatic rings. The summed E-state index contributed by atoms with van der Waals surface area (Å²) in [7, 11) is 0. The molecule has 1 aromatic heterocycles. The second-order valence-electron chi connectivity index (χ2n) is 12.4. The Bertz CT molecular complexity index is 2380. The van der Waals surface area contributed by atoms with Gasteiger partial charge >= 0.3 is 0 Å². The van der Waals surface area contributed by atoms with Crippen molar-refractivity contribution >= 4 is 44.9 Å². The highest BCUT2D eigenvalue weighted by Gasteiger charge is 2.43. The van der Waals surface area contributed by atoms with Gasteiger partial charge in [0.15, 0.2) is 11.7 Å². The number of hydrogen-bond donors (Lipinski definition) is 2. The zero-order valence-electron chi connectivity index (χ0n) is 26.6. The van der Waals surface area contributed by atoms with Gasteiger partial charge in [-0.15, -0.1) is 11.3 Å². The van der Waals surface area contributed by atoms with Gasteiger partial charge in [0.25, 0.3) is 0 Å². The maximum absolute atomic E-state index is 8.94. The van der Waals surface area contributed by atoms with Crippen molar-refractivity contribution in [3.8, 4) is 22.3 Å². The molecule has 1 aliphatic heterocycles. The first-order chi connectivity index (χ1) is 24.2. The van der Waals surface area contributed by atoms with Crippen molar-refractivity contribution in [3.63, 3.8) is 0 Å². The lowest BCUT2D eigenvalue weighted by Gasteiger charge is -2.31. The third-order valence-electron chi connectivity index (χ3n) is 9.54. The van der Waals surface area contributed by atoms with Crippen molar-refractivity contribution in [3.05, 3.63) is 191 Å². The molecule has 2 unspecified atom stereocenters. The van der Waals surface area contributed by atoms with E-state index in [-0.39, 0.29) is 17.8 Å². The molecule has 9 rings (SSSR count). The van der Waals surface area contributed by atoms with E-state index in [1.807, 2.05) is 72.0 Å². The van der Waals surface area contributed by atoms with Crippen LogP contribution >= 0.6 is 11.3 Å². The van der Waals surface area contributed by atoms with Crippen LogP contribution in [0, 0.1) is 5.41 Å². The predicted molar refractivity (Wildman–Crippen MR) is 206 cm³/mol. The van der Waals surface area contributed by atoms with E-state index in [4.69, 9.17) is 10.4 Å². The Morgan fingerprint density at radius 3 is 1.96 bits per heavy atom. The summed E-state index contributed by atoms with van der Waals surface area (Å²) in [6.45, 7) is 0. The molecule has 2 atom stereocenters. The minimum atomic E-state index is 0.0195. The lowest BCUT2D eigenvalue weighted by atomic mass is 9.86. The molecule has 0 amide bonds. The van der Waals surface area contributed by atoms with E-state index in [0.29, 0.717) is 5.84 Å². The van der Waals surface area contributed by atoms with Gasteiger partial charge in [-0.3, -0.25) is 15.8 Å². The summed E-state index contributed by atoms with van der Waals surface area (Å²) in [5, 5.41) is 12.5. The molecule has 0 saturated carbocycles. The number of amidine groups is 2. The molecule has 6 aromatic carbocycles. The minimum absolute atomic E-state index is 0.0195. The number of nitrogens with zero attached hydrogens (tertiary/aromatic N) is 2. The normalized spacial score (nSPS) is 16.2. The number of aliphatic imine (C=N–C) groups is 1. The topological polar surface area (TPSA) is 51.5 Å². The van der Waals surface area contributed by atoms with E-state index in [0.717, 1.165) is 22.4 Å². The van der Waals surface area contributed by atoms with E-state index < -0.39 is 0 Å². The average molecular weight is 649 g/mol. The van der Waals surface area contributed by atoms with Gasteiger partial charge in [-0.05, 0) is 50.9 Å². The second-order valence-corrected chi connectivity index (χ2v) is 13.5. The van der Waals surface area contributed by atoms with Gasteiger partial charge in [-0.2, -0.15) is 0 Å². The Balaban J connectivity index is 1.16. The molecule has 4 nitrogen and oxygen atoms in total. The summed E-state index contributed by atoms with van der Waals surface area (Å²) >= 11 is 1.90. The van der Waals surface area contributed by atoms with Crippen molar-refractivity contribution in [1.82, 2.24) is 5.43 Å². The Morgan fingerprint density at radius 1 is 0.633 bits per heavy atom. The van der Waals surface area contributed by atoms with Crippen LogP contribution in [0.1, 0.15) is 33.0 Å². The number of nitrogens with one attached hydrogen (secondary N) is 2. The van der Waals surface area contributed by atoms with Gasteiger partial charge in [0.05, 0.1) is 11.7 Å². The molecule has 0 saturated heterocycles. The third-order valence-corrected chi connectivity index (χ3v) is 10.8. The van der Waals surface area contributed by atoms with Crippen LogP contribution in [-0.2, 0) is 0 Å². The number of hydrogen-bond acceptors (Lipinski definition) is 3. The Hall–Kier alpha value is -6.04. The van der Waals surface area contributed by atoms with Gasteiger partial charge in [0.1, 0.15) is 0 Å². The van der Waals surface area contributed by atoms with Crippen LogP contribution in [0.2, 0.25) is 0 Å². The van der Waals surface area contributed by atoms with Gasteiger partial charge in [0, 0.05) is 26.6 Å². The zero-order valence-corrected chi connectivity index (χ0v) is 27.4. The molecular formula is C44H32N4S. The van der Waals surface area contributed by atoms with Crippen LogP contribution in [0.25, 0.3) is 38.4 Å². The Labute approximate surface area is 289 Å². The first kappa shape index (κ1) is 29.1. The fourth-order valence-corrected chi connectivity index (χ4v) is 8.47. The molecule has 49 heavy (non-hydrogen) atoms. The van der Waals surface area contributed by atoms with Crippen molar-refractivity contribution in [2.75, 3.05) is 5.01 Å². The average Bonchev–Trinajstić information content (AvgIpc) is 3.71. The van der Waals surface area contributed by atoms with Crippen molar-refractivity contribution in [1.29, 1.82) is 5.41 Å². The van der Waals surface area contributed by atoms with Crippen LogP contribution in [-0.4, -0.2) is 17.7 Å². The molecule has 0 bridgehead atoms. The molecule has 1 aliphatic carbocycles. The molecule has 2 heterocycles.